The van der Waals surface area contributed by atoms with Gasteiger partial charge in [0.1, 0.15) is 0 Å². The number of nitrogens with zero attached hydrogens (tertiary/aromatic N) is 2. The van der Waals surface area contributed by atoms with E-state index in [1.807, 2.05) is 18.2 Å². The van der Waals surface area contributed by atoms with Crippen LogP contribution in [-0.4, -0.2) is 10.1 Å². The van der Waals surface area contributed by atoms with E-state index < -0.39 is 0 Å². The third-order valence-electron chi connectivity index (χ3n) is 4.37. The summed E-state index contributed by atoms with van der Waals surface area (Å²) in [7, 11) is 0. The summed E-state index contributed by atoms with van der Waals surface area (Å²) in [5.74, 6) is 2.14. The maximum atomic E-state index is 5.96. The third-order valence-corrected chi connectivity index (χ3v) is 4.37. The Balaban J connectivity index is 1.61. The monoisotopic (exact) mass is 285 g/mol. The summed E-state index contributed by atoms with van der Waals surface area (Å²) in [5.41, 5.74) is 7.94. The number of nitrogens with two attached hydrogens (primary N) is 1. The number of benzene rings is 1. The van der Waals surface area contributed by atoms with Gasteiger partial charge in [0.15, 0.2) is 5.82 Å². The zero-order chi connectivity index (χ0) is 14.5. The minimum atomic E-state index is 0.492. The molecule has 21 heavy (non-hydrogen) atoms. The molecule has 1 heterocycles. The molecule has 0 amide bonds. The van der Waals surface area contributed by atoms with Gasteiger partial charge in [-0.25, -0.2) is 0 Å². The zero-order valence-electron chi connectivity index (χ0n) is 12.4. The summed E-state index contributed by atoms with van der Waals surface area (Å²) in [6.45, 7) is 0. The van der Waals surface area contributed by atoms with Gasteiger partial charge in [-0.1, -0.05) is 49.0 Å². The lowest BCUT2D eigenvalue weighted by Crippen LogP contribution is -2.00. The van der Waals surface area contributed by atoms with Crippen molar-refractivity contribution in [3.05, 3.63) is 41.5 Å². The first-order valence-corrected chi connectivity index (χ1v) is 7.99. The van der Waals surface area contributed by atoms with Crippen LogP contribution in [0.4, 0.5) is 5.69 Å². The van der Waals surface area contributed by atoms with Gasteiger partial charge in [0.25, 0.3) is 0 Å². The van der Waals surface area contributed by atoms with Gasteiger partial charge in [0.2, 0.25) is 5.89 Å². The molecule has 0 aliphatic heterocycles. The minimum Gasteiger partial charge on any atom is -0.399 e. The molecule has 1 aromatic heterocycles. The Kier molecular flexibility index (Phi) is 4.53. The fourth-order valence-corrected chi connectivity index (χ4v) is 3.08. The van der Waals surface area contributed by atoms with Gasteiger partial charge >= 0.3 is 0 Å². The third kappa shape index (κ3) is 3.63. The molecular formula is C17H23N3O. The standard InChI is InChI=1S/C17H23N3O/c18-15-10-6-5-7-13(15)11-12-16-19-17(20-21-16)14-8-3-1-2-4-9-14/h5-7,10,14H,1-4,8-9,11-12,18H2. The van der Waals surface area contributed by atoms with E-state index >= 15 is 0 Å². The lowest BCUT2D eigenvalue weighted by Gasteiger charge is -2.07. The first-order valence-electron chi connectivity index (χ1n) is 7.99. The second-order valence-corrected chi connectivity index (χ2v) is 5.93. The van der Waals surface area contributed by atoms with Gasteiger partial charge in [-0.2, -0.15) is 4.98 Å². The van der Waals surface area contributed by atoms with E-state index in [0.29, 0.717) is 5.92 Å². The first-order chi connectivity index (χ1) is 10.3. The Hall–Kier alpha value is -1.84. The zero-order valence-corrected chi connectivity index (χ0v) is 12.4. The van der Waals surface area contributed by atoms with Crippen LogP contribution in [0, 0.1) is 0 Å². The molecule has 2 N–H and O–H groups in total. The van der Waals surface area contributed by atoms with Crippen LogP contribution < -0.4 is 5.73 Å². The van der Waals surface area contributed by atoms with Crippen molar-refractivity contribution in [2.45, 2.75) is 57.3 Å². The van der Waals surface area contributed by atoms with Crippen LogP contribution in [0.5, 0.6) is 0 Å². The summed E-state index contributed by atoms with van der Waals surface area (Å²) in [4.78, 5) is 4.60. The predicted octanol–water partition coefficient (Wildman–Crippen LogP) is 3.87. The molecule has 2 aromatic rings. The van der Waals surface area contributed by atoms with Crippen molar-refractivity contribution < 1.29 is 4.52 Å². The highest BCUT2D eigenvalue weighted by molar-refractivity contribution is 5.46. The fraction of sp³-hybridized carbons (Fsp3) is 0.529. The number of aryl methyl sites for hydroxylation is 2. The maximum Gasteiger partial charge on any atom is 0.226 e. The molecule has 0 saturated heterocycles. The second kappa shape index (κ2) is 6.74. The highest BCUT2D eigenvalue weighted by Gasteiger charge is 2.19. The van der Waals surface area contributed by atoms with Crippen LogP contribution in [0.2, 0.25) is 0 Å². The second-order valence-electron chi connectivity index (χ2n) is 5.93. The van der Waals surface area contributed by atoms with E-state index in [-0.39, 0.29) is 0 Å². The van der Waals surface area contributed by atoms with Crippen molar-refractivity contribution in [1.29, 1.82) is 0 Å². The molecule has 0 bridgehead atoms. The van der Waals surface area contributed by atoms with Crippen LogP contribution in [0.1, 0.15) is 61.7 Å². The van der Waals surface area contributed by atoms with Crippen molar-refractivity contribution in [2.24, 2.45) is 0 Å². The lowest BCUT2D eigenvalue weighted by atomic mass is 10.00. The lowest BCUT2D eigenvalue weighted by molar-refractivity contribution is 0.367. The van der Waals surface area contributed by atoms with Gasteiger partial charge in [-0.05, 0) is 30.9 Å². The van der Waals surface area contributed by atoms with Crippen molar-refractivity contribution in [2.75, 3.05) is 5.73 Å². The molecule has 4 heteroatoms. The first kappa shape index (κ1) is 14.1. The van der Waals surface area contributed by atoms with Gasteiger partial charge in [0.05, 0.1) is 0 Å². The highest BCUT2D eigenvalue weighted by atomic mass is 16.5. The minimum absolute atomic E-state index is 0.492. The van der Waals surface area contributed by atoms with Gasteiger partial charge in [-0.15, -0.1) is 0 Å². The van der Waals surface area contributed by atoms with Crippen LogP contribution in [0.15, 0.2) is 28.8 Å². The number of aromatic nitrogens is 2. The largest absolute Gasteiger partial charge is 0.399 e. The van der Waals surface area contributed by atoms with E-state index in [1.165, 1.54) is 38.5 Å². The number of hydrogen-bond acceptors (Lipinski definition) is 4. The van der Waals surface area contributed by atoms with E-state index in [4.69, 9.17) is 10.3 Å². The Morgan fingerprint density at radius 1 is 1.05 bits per heavy atom. The average Bonchev–Trinajstić information content (AvgIpc) is 2.80. The molecule has 0 spiro atoms. The molecule has 1 saturated carbocycles. The molecule has 0 radical (unpaired) electrons. The van der Waals surface area contributed by atoms with Gasteiger partial charge < -0.3 is 10.3 Å². The summed E-state index contributed by atoms with van der Waals surface area (Å²) in [6, 6.07) is 7.95. The van der Waals surface area contributed by atoms with Crippen molar-refractivity contribution in [3.8, 4) is 0 Å². The number of hydrogen-bond donors (Lipinski definition) is 1. The summed E-state index contributed by atoms with van der Waals surface area (Å²) in [5, 5.41) is 4.20. The summed E-state index contributed by atoms with van der Waals surface area (Å²) in [6.07, 6.45) is 9.26. The Bertz CT molecular complexity index is 571. The molecule has 0 atom stereocenters. The highest BCUT2D eigenvalue weighted by Crippen LogP contribution is 2.29. The van der Waals surface area contributed by atoms with Crippen molar-refractivity contribution in [3.63, 3.8) is 0 Å². The topological polar surface area (TPSA) is 64.9 Å². The van der Waals surface area contributed by atoms with Crippen LogP contribution in [0.25, 0.3) is 0 Å². The molecule has 1 aliphatic carbocycles. The van der Waals surface area contributed by atoms with Crippen LogP contribution >= 0.6 is 0 Å². The molecule has 3 rings (SSSR count). The number of para-hydroxylation sites is 1. The Labute approximate surface area is 125 Å². The van der Waals surface area contributed by atoms with E-state index in [0.717, 1.165) is 35.8 Å². The van der Waals surface area contributed by atoms with E-state index in [2.05, 4.69) is 16.2 Å². The fourth-order valence-electron chi connectivity index (χ4n) is 3.08. The van der Waals surface area contributed by atoms with Crippen molar-refractivity contribution >= 4 is 5.69 Å². The Morgan fingerprint density at radius 2 is 1.81 bits per heavy atom. The molecule has 4 nitrogen and oxygen atoms in total. The number of rotatable bonds is 4. The SMILES string of the molecule is Nc1ccccc1CCc1nc(C2CCCCCC2)no1. The molecule has 1 aromatic carbocycles. The molecule has 1 aliphatic rings. The maximum absolute atomic E-state index is 5.96. The molecule has 112 valence electrons. The van der Waals surface area contributed by atoms with Crippen LogP contribution in [0.3, 0.4) is 0 Å². The van der Waals surface area contributed by atoms with Gasteiger partial charge in [0, 0.05) is 18.0 Å². The van der Waals surface area contributed by atoms with Crippen LogP contribution in [-0.2, 0) is 12.8 Å². The Morgan fingerprint density at radius 3 is 2.57 bits per heavy atom. The summed E-state index contributed by atoms with van der Waals surface area (Å²) >= 11 is 0. The molecule has 1 fully saturated rings. The number of nitrogen functional groups attached to an aromatic ring is 1. The summed E-state index contributed by atoms with van der Waals surface area (Å²) < 4.78 is 5.42. The smallest absolute Gasteiger partial charge is 0.226 e. The van der Waals surface area contributed by atoms with Gasteiger partial charge in [-0.3, -0.25) is 0 Å². The normalized spacial score (nSPS) is 16.8. The predicted molar refractivity (Wildman–Crippen MR) is 83.0 cm³/mol. The number of anilines is 1. The molecule has 0 unspecified atom stereocenters. The van der Waals surface area contributed by atoms with E-state index in [1.54, 1.807) is 0 Å². The quantitative estimate of drug-likeness (QED) is 0.684. The van der Waals surface area contributed by atoms with Crippen molar-refractivity contribution in [1.82, 2.24) is 10.1 Å². The van der Waals surface area contributed by atoms with E-state index in [9.17, 15) is 0 Å². The molecular weight excluding hydrogens is 262 g/mol. The average molecular weight is 285 g/mol.